The molecular weight excluding hydrogens is 230 g/mol. The lowest BCUT2D eigenvalue weighted by Gasteiger charge is -2.32. The van der Waals surface area contributed by atoms with Crippen molar-refractivity contribution in [3.05, 3.63) is 18.1 Å². The van der Waals surface area contributed by atoms with E-state index < -0.39 is 0 Å². The molecule has 0 N–H and O–H groups in total. The Kier molecular flexibility index (Phi) is 4.12. The number of hydrogen-bond donors (Lipinski definition) is 0. The van der Waals surface area contributed by atoms with Crippen molar-refractivity contribution in [3.8, 4) is 0 Å². The molecule has 1 aliphatic rings. The number of carbonyl (C=O) groups is 1. The van der Waals surface area contributed by atoms with E-state index in [-0.39, 0.29) is 11.9 Å². The molecule has 1 atom stereocenters. The molecule has 1 fully saturated rings. The van der Waals surface area contributed by atoms with E-state index in [0.29, 0.717) is 13.2 Å². The van der Waals surface area contributed by atoms with Crippen LogP contribution in [0.1, 0.15) is 25.5 Å². The van der Waals surface area contributed by atoms with Gasteiger partial charge in [0, 0.05) is 19.3 Å². The topological polar surface area (TPSA) is 55.3 Å². The minimum absolute atomic E-state index is 0.0407. The second-order valence-electron chi connectivity index (χ2n) is 4.56. The quantitative estimate of drug-likeness (QED) is 0.761. The SMILES string of the molecule is CCOC(=O)[C@H]1CCCN(c2cncc(C)n2)C1. The van der Waals surface area contributed by atoms with E-state index in [4.69, 9.17) is 4.74 Å². The largest absolute Gasteiger partial charge is 0.466 e. The first-order valence-electron chi connectivity index (χ1n) is 6.41. The average Bonchev–Trinajstić information content (AvgIpc) is 2.39. The van der Waals surface area contributed by atoms with Crippen LogP contribution in [0, 0.1) is 12.8 Å². The highest BCUT2D eigenvalue weighted by molar-refractivity contribution is 5.73. The van der Waals surface area contributed by atoms with E-state index in [1.165, 1.54) is 0 Å². The lowest BCUT2D eigenvalue weighted by molar-refractivity contribution is -0.148. The lowest BCUT2D eigenvalue weighted by atomic mass is 9.98. The second-order valence-corrected chi connectivity index (χ2v) is 4.56. The molecule has 0 saturated carbocycles. The van der Waals surface area contributed by atoms with Gasteiger partial charge >= 0.3 is 5.97 Å². The lowest BCUT2D eigenvalue weighted by Crippen LogP contribution is -2.40. The molecule has 5 nitrogen and oxygen atoms in total. The summed E-state index contributed by atoms with van der Waals surface area (Å²) < 4.78 is 5.09. The Morgan fingerprint density at radius 3 is 3.11 bits per heavy atom. The molecule has 1 saturated heterocycles. The summed E-state index contributed by atoms with van der Waals surface area (Å²) in [6.45, 7) is 5.80. The van der Waals surface area contributed by atoms with Gasteiger partial charge in [0.05, 0.1) is 24.4 Å². The van der Waals surface area contributed by atoms with E-state index in [0.717, 1.165) is 30.9 Å². The molecule has 1 aromatic heterocycles. The van der Waals surface area contributed by atoms with Crippen molar-refractivity contribution >= 4 is 11.8 Å². The third-order valence-corrected chi connectivity index (χ3v) is 3.11. The average molecular weight is 249 g/mol. The normalized spacial score (nSPS) is 19.7. The number of aromatic nitrogens is 2. The number of ether oxygens (including phenoxy) is 1. The van der Waals surface area contributed by atoms with E-state index in [2.05, 4.69) is 14.9 Å². The van der Waals surface area contributed by atoms with E-state index in [9.17, 15) is 4.79 Å². The summed E-state index contributed by atoms with van der Waals surface area (Å²) in [6, 6.07) is 0. The summed E-state index contributed by atoms with van der Waals surface area (Å²) in [5.41, 5.74) is 0.894. The standard InChI is InChI=1S/C13H19N3O2/c1-3-18-13(17)11-5-4-6-16(9-11)12-8-14-7-10(2)15-12/h7-8,11H,3-6,9H2,1-2H3/t11-/m0/s1. The van der Waals surface area contributed by atoms with E-state index in [1.54, 1.807) is 12.4 Å². The van der Waals surface area contributed by atoms with Crippen molar-refractivity contribution in [2.24, 2.45) is 5.92 Å². The van der Waals surface area contributed by atoms with Crippen LogP contribution in [0.15, 0.2) is 12.4 Å². The number of anilines is 1. The van der Waals surface area contributed by atoms with Gasteiger partial charge in [0.2, 0.25) is 0 Å². The number of piperidine rings is 1. The number of esters is 1. The fraction of sp³-hybridized carbons (Fsp3) is 0.615. The number of hydrogen-bond acceptors (Lipinski definition) is 5. The van der Waals surface area contributed by atoms with Crippen LogP contribution in [0.4, 0.5) is 5.82 Å². The van der Waals surface area contributed by atoms with Crippen molar-refractivity contribution in [2.75, 3.05) is 24.6 Å². The fourth-order valence-corrected chi connectivity index (χ4v) is 2.24. The molecule has 0 spiro atoms. The molecule has 0 aromatic carbocycles. The molecule has 18 heavy (non-hydrogen) atoms. The summed E-state index contributed by atoms with van der Waals surface area (Å²) >= 11 is 0. The summed E-state index contributed by atoms with van der Waals surface area (Å²) in [6.07, 6.45) is 5.37. The molecule has 98 valence electrons. The molecular formula is C13H19N3O2. The summed E-state index contributed by atoms with van der Waals surface area (Å²) in [7, 11) is 0. The first-order chi connectivity index (χ1) is 8.70. The molecule has 2 rings (SSSR count). The predicted molar refractivity (Wildman–Crippen MR) is 68.3 cm³/mol. The van der Waals surface area contributed by atoms with E-state index in [1.807, 2.05) is 13.8 Å². The first-order valence-corrected chi connectivity index (χ1v) is 6.41. The van der Waals surface area contributed by atoms with Crippen LogP contribution in [0.2, 0.25) is 0 Å². The molecule has 5 heteroatoms. The molecule has 1 aromatic rings. The minimum Gasteiger partial charge on any atom is -0.466 e. The van der Waals surface area contributed by atoms with Crippen molar-refractivity contribution in [1.82, 2.24) is 9.97 Å². The van der Waals surface area contributed by atoms with Gasteiger partial charge < -0.3 is 9.64 Å². The Balaban J connectivity index is 2.04. The molecule has 0 aliphatic carbocycles. The Morgan fingerprint density at radius 2 is 2.39 bits per heavy atom. The van der Waals surface area contributed by atoms with Crippen LogP contribution in [0.3, 0.4) is 0 Å². The fourth-order valence-electron chi connectivity index (χ4n) is 2.24. The molecule has 0 unspecified atom stereocenters. The van der Waals surface area contributed by atoms with Crippen molar-refractivity contribution in [3.63, 3.8) is 0 Å². The van der Waals surface area contributed by atoms with Crippen LogP contribution in [0.5, 0.6) is 0 Å². The smallest absolute Gasteiger partial charge is 0.310 e. The molecule has 0 bridgehead atoms. The number of rotatable bonds is 3. The zero-order valence-electron chi connectivity index (χ0n) is 10.9. The van der Waals surface area contributed by atoms with Crippen molar-refractivity contribution in [1.29, 1.82) is 0 Å². The Hall–Kier alpha value is -1.65. The van der Waals surface area contributed by atoms with Crippen LogP contribution >= 0.6 is 0 Å². The third kappa shape index (κ3) is 2.97. The predicted octanol–water partition coefficient (Wildman–Crippen LogP) is 1.56. The summed E-state index contributed by atoms with van der Waals surface area (Å²) in [5, 5.41) is 0. The number of aryl methyl sites for hydroxylation is 1. The highest BCUT2D eigenvalue weighted by Gasteiger charge is 2.27. The monoisotopic (exact) mass is 249 g/mol. The third-order valence-electron chi connectivity index (χ3n) is 3.11. The van der Waals surface area contributed by atoms with Gasteiger partial charge in [0.25, 0.3) is 0 Å². The van der Waals surface area contributed by atoms with Crippen molar-refractivity contribution in [2.45, 2.75) is 26.7 Å². The highest BCUT2D eigenvalue weighted by atomic mass is 16.5. The van der Waals surface area contributed by atoms with Gasteiger partial charge in [0.15, 0.2) is 0 Å². The van der Waals surface area contributed by atoms with Crippen molar-refractivity contribution < 1.29 is 9.53 Å². The molecule has 1 aliphatic heterocycles. The van der Waals surface area contributed by atoms with Gasteiger partial charge in [-0.1, -0.05) is 0 Å². The van der Waals surface area contributed by atoms with Crippen LogP contribution < -0.4 is 4.90 Å². The molecule has 0 radical (unpaired) electrons. The van der Waals surface area contributed by atoms with E-state index >= 15 is 0 Å². The Morgan fingerprint density at radius 1 is 1.56 bits per heavy atom. The molecule has 0 amide bonds. The summed E-state index contributed by atoms with van der Waals surface area (Å²) in [5.74, 6) is 0.716. The van der Waals surface area contributed by atoms with Gasteiger partial charge in [-0.3, -0.25) is 9.78 Å². The maximum absolute atomic E-state index is 11.8. The molecule has 2 heterocycles. The van der Waals surface area contributed by atoms with Crippen LogP contribution in [-0.2, 0) is 9.53 Å². The van der Waals surface area contributed by atoms with Gasteiger partial charge in [-0.2, -0.15) is 0 Å². The van der Waals surface area contributed by atoms with Gasteiger partial charge in [0.1, 0.15) is 5.82 Å². The summed E-state index contributed by atoms with van der Waals surface area (Å²) in [4.78, 5) is 22.5. The van der Waals surface area contributed by atoms with Gasteiger partial charge in [-0.05, 0) is 26.7 Å². The van der Waals surface area contributed by atoms with Gasteiger partial charge in [-0.15, -0.1) is 0 Å². The zero-order valence-corrected chi connectivity index (χ0v) is 10.9. The second kappa shape index (κ2) is 5.80. The Labute approximate surface area is 107 Å². The van der Waals surface area contributed by atoms with Crippen LogP contribution in [0.25, 0.3) is 0 Å². The number of carbonyl (C=O) groups excluding carboxylic acids is 1. The van der Waals surface area contributed by atoms with Crippen LogP contribution in [-0.4, -0.2) is 35.6 Å². The highest BCUT2D eigenvalue weighted by Crippen LogP contribution is 2.22. The maximum atomic E-state index is 11.8. The van der Waals surface area contributed by atoms with Gasteiger partial charge in [-0.25, -0.2) is 4.98 Å². The minimum atomic E-state index is -0.0946. The number of nitrogens with zero attached hydrogens (tertiary/aromatic N) is 3. The Bertz CT molecular complexity index is 422. The maximum Gasteiger partial charge on any atom is 0.310 e. The first kappa shape index (κ1) is 12.8. The zero-order chi connectivity index (χ0) is 13.0.